The maximum atomic E-state index is 12.5. The molecular weight excluding hydrogens is 428 g/mol. The fraction of sp³-hybridized carbons (Fsp3) is 0.429. The molecule has 0 spiro atoms. The monoisotopic (exact) mass is 460 g/mol. The zero-order valence-corrected chi connectivity index (χ0v) is 20.6. The van der Waals surface area contributed by atoms with Crippen LogP contribution in [0.5, 0.6) is 11.5 Å². The second-order valence-corrected chi connectivity index (χ2v) is 10.1. The first-order chi connectivity index (χ1) is 16.1. The van der Waals surface area contributed by atoms with E-state index in [0.717, 1.165) is 35.1 Å². The van der Waals surface area contributed by atoms with Crippen molar-refractivity contribution in [1.29, 1.82) is 5.26 Å². The topological polar surface area (TPSA) is 73.5 Å². The number of carbonyl (C=O) groups excluding carboxylic acids is 1. The minimum atomic E-state index is -0.483. The highest BCUT2D eigenvalue weighted by Crippen LogP contribution is 2.37. The number of benzene rings is 2. The number of hydrogen-bond donors (Lipinski definition) is 0. The van der Waals surface area contributed by atoms with Gasteiger partial charge >= 0.3 is 5.97 Å². The Kier molecular flexibility index (Phi) is 6.56. The predicted molar refractivity (Wildman–Crippen MR) is 131 cm³/mol. The van der Waals surface area contributed by atoms with E-state index in [9.17, 15) is 10.1 Å². The van der Waals surface area contributed by atoms with Crippen molar-refractivity contribution in [2.45, 2.75) is 78.2 Å². The fourth-order valence-corrected chi connectivity index (χ4v) is 4.46. The van der Waals surface area contributed by atoms with E-state index in [4.69, 9.17) is 14.2 Å². The molecule has 0 fully saturated rings. The highest BCUT2D eigenvalue weighted by Gasteiger charge is 2.28. The van der Waals surface area contributed by atoms with Crippen molar-refractivity contribution in [2.24, 2.45) is 0 Å². The van der Waals surface area contributed by atoms with E-state index in [2.05, 4.69) is 22.8 Å². The van der Waals surface area contributed by atoms with Crippen LogP contribution >= 0.6 is 0 Å². The first kappa shape index (κ1) is 23.7. The molecule has 0 saturated carbocycles. The molecule has 0 bridgehead atoms. The quantitative estimate of drug-likeness (QED) is 0.398. The number of esters is 1. The van der Waals surface area contributed by atoms with Gasteiger partial charge in [-0.15, -0.1) is 0 Å². The van der Waals surface area contributed by atoms with Gasteiger partial charge in [-0.2, -0.15) is 5.26 Å². The average Bonchev–Trinajstić information content (AvgIpc) is 3.30. The van der Waals surface area contributed by atoms with E-state index in [0.29, 0.717) is 24.3 Å². The number of nitrogens with zero attached hydrogens (tertiary/aromatic N) is 2. The Hall–Kier alpha value is -3.46. The molecule has 178 valence electrons. The van der Waals surface area contributed by atoms with Gasteiger partial charge in [-0.3, -0.25) is 4.79 Å². The Morgan fingerprint density at radius 1 is 1.18 bits per heavy atom. The summed E-state index contributed by atoms with van der Waals surface area (Å²) in [4.78, 5) is 12.5. The number of fused-ring (bicyclic) bond motifs is 3. The maximum Gasteiger partial charge on any atom is 0.308 e. The van der Waals surface area contributed by atoms with E-state index in [1.807, 2.05) is 65.0 Å². The Labute approximate surface area is 201 Å². The second-order valence-electron chi connectivity index (χ2n) is 10.1. The normalized spacial score (nSPS) is 15.3. The molecule has 0 aliphatic carbocycles. The van der Waals surface area contributed by atoms with Crippen LogP contribution in [0.15, 0.2) is 42.5 Å². The Bertz CT molecular complexity index is 1240. The third kappa shape index (κ3) is 5.36. The summed E-state index contributed by atoms with van der Waals surface area (Å²) in [6, 6.07) is 16.1. The van der Waals surface area contributed by atoms with Gasteiger partial charge < -0.3 is 18.8 Å². The Balaban J connectivity index is 1.50. The van der Waals surface area contributed by atoms with E-state index in [1.54, 1.807) is 0 Å². The van der Waals surface area contributed by atoms with Crippen LogP contribution in [0, 0.1) is 11.3 Å². The largest absolute Gasteiger partial charge is 0.490 e. The summed E-state index contributed by atoms with van der Waals surface area (Å²) in [7, 11) is 0. The highest BCUT2D eigenvalue weighted by atomic mass is 16.6. The molecule has 2 aromatic carbocycles. The lowest BCUT2D eigenvalue weighted by Gasteiger charge is -2.22. The molecule has 1 unspecified atom stereocenters. The van der Waals surface area contributed by atoms with Gasteiger partial charge in [0.25, 0.3) is 0 Å². The summed E-state index contributed by atoms with van der Waals surface area (Å²) < 4.78 is 19.6. The molecule has 0 amide bonds. The van der Waals surface area contributed by atoms with Gasteiger partial charge in [0.2, 0.25) is 0 Å². The van der Waals surface area contributed by atoms with Crippen LogP contribution in [0.1, 0.15) is 70.3 Å². The molecule has 0 N–H and O–H groups in total. The smallest absolute Gasteiger partial charge is 0.308 e. The maximum absolute atomic E-state index is 12.5. The van der Waals surface area contributed by atoms with E-state index < -0.39 is 5.60 Å². The zero-order chi connectivity index (χ0) is 24.5. The Morgan fingerprint density at radius 2 is 1.97 bits per heavy atom. The van der Waals surface area contributed by atoms with Crippen LogP contribution in [-0.4, -0.2) is 22.2 Å². The first-order valence-electron chi connectivity index (χ1n) is 11.8. The van der Waals surface area contributed by atoms with Crippen molar-refractivity contribution in [3.8, 4) is 17.6 Å². The molecule has 2 heterocycles. The lowest BCUT2D eigenvalue weighted by Crippen LogP contribution is -2.25. The van der Waals surface area contributed by atoms with Crippen molar-refractivity contribution in [2.75, 3.05) is 0 Å². The number of aryl methyl sites for hydroxylation is 1. The third-order valence-corrected chi connectivity index (χ3v) is 5.75. The summed E-state index contributed by atoms with van der Waals surface area (Å²) in [5.74, 6) is 1.16. The van der Waals surface area contributed by atoms with Crippen LogP contribution in [0.3, 0.4) is 0 Å². The van der Waals surface area contributed by atoms with Crippen LogP contribution in [0.25, 0.3) is 10.9 Å². The summed E-state index contributed by atoms with van der Waals surface area (Å²) in [5, 5.41) is 10.6. The lowest BCUT2D eigenvalue weighted by molar-refractivity contribution is -0.155. The van der Waals surface area contributed by atoms with E-state index in [1.165, 1.54) is 5.69 Å². The minimum absolute atomic E-state index is 0.00356. The number of carbonyl (C=O) groups is 1. The standard InChI is InChI=1S/C28H32N2O4/c1-18(2)33-26-11-6-19(12-21(26)16-29)17-32-24-10-7-20-13-22-8-9-23(30(22)25(20)15-24)14-27(31)34-28(3,4)5/h6-7,10-13,15,18,23H,8-9,14,17H2,1-5H3. The van der Waals surface area contributed by atoms with E-state index in [-0.39, 0.29) is 18.1 Å². The molecule has 1 atom stereocenters. The van der Waals surface area contributed by atoms with Crippen LogP contribution in [0.4, 0.5) is 0 Å². The van der Waals surface area contributed by atoms with Gasteiger partial charge in [0.05, 0.1) is 23.6 Å². The number of aromatic nitrogens is 1. The van der Waals surface area contributed by atoms with Crippen LogP contribution < -0.4 is 9.47 Å². The van der Waals surface area contributed by atoms with Crippen molar-refractivity contribution in [1.82, 2.24) is 4.57 Å². The average molecular weight is 461 g/mol. The van der Waals surface area contributed by atoms with Crippen molar-refractivity contribution >= 4 is 16.9 Å². The lowest BCUT2D eigenvalue weighted by atomic mass is 10.1. The van der Waals surface area contributed by atoms with Crippen molar-refractivity contribution in [3.05, 3.63) is 59.3 Å². The molecule has 3 aromatic rings. The van der Waals surface area contributed by atoms with Crippen LogP contribution in [-0.2, 0) is 22.6 Å². The summed E-state index contributed by atoms with van der Waals surface area (Å²) in [6.07, 6.45) is 2.24. The summed E-state index contributed by atoms with van der Waals surface area (Å²) >= 11 is 0. The SMILES string of the molecule is CC(C)Oc1ccc(COc2ccc3cc4n(c3c2)C(CC(=O)OC(C)(C)C)CC4)cc1C#N. The molecular formula is C28H32N2O4. The molecule has 34 heavy (non-hydrogen) atoms. The minimum Gasteiger partial charge on any atom is -0.490 e. The molecule has 0 radical (unpaired) electrons. The van der Waals surface area contributed by atoms with Gasteiger partial charge in [-0.05, 0) is 83.4 Å². The van der Waals surface area contributed by atoms with Gasteiger partial charge in [0.15, 0.2) is 0 Å². The second kappa shape index (κ2) is 9.42. The van der Waals surface area contributed by atoms with Gasteiger partial charge in [0.1, 0.15) is 29.8 Å². The molecule has 4 rings (SSSR count). The van der Waals surface area contributed by atoms with Gasteiger partial charge in [-0.1, -0.05) is 6.07 Å². The van der Waals surface area contributed by atoms with Gasteiger partial charge in [-0.25, -0.2) is 0 Å². The molecule has 0 saturated heterocycles. The number of hydrogen-bond acceptors (Lipinski definition) is 5. The highest BCUT2D eigenvalue weighted by molar-refractivity contribution is 5.84. The predicted octanol–water partition coefficient (Wildman–Crippen LogP) is 6.10. The molecule has 1 aromatic heterocycles. The number of ether oxygens (including phenoxy) is 3. The molecule has 6 heteroatoms. The summed E-state index contributed by atoms with van der Waals surface area (Å²) in [5.41, 5.74) is 3.22. The Morgan fingerprint density at radius 3 is 2.68 bits per heavy atom. The van der Waals surface area contributed by atoms with Gasteiger partial charge in [0, 0.05) is 23.2 Å². The molecule has 1 aliphatic rings. The van der Waals surface area contributed by atoms with Crippen molar-refractivity contribution < 1.29 is 19.0 Å². The zero-order valence-electron chi connectivity index (χ0n) is 20.6. The van der Waals surface area contributed by atoms with Crippen molar-refractivity contribution in [3.63, 3.8) is 0 Å². The van der Waals surface area contributed by atoms with Crippen LogP contribution in [0.2, 0.25) is 0 Å². The van der Waals surface area contributed by atoms with E-state index >= 15 is 0 Å². The summed E-state index contributed by atoms with van der Waals surface area (Å²) in [6.45, 7) is 9.89. The third-order valence-electron chi connectivity index (χ3n) is 5.75. The first-order valence-corrected chi connectivity index (χ1v) is 11.8. The number of rotatable bonds is 7. The molecule has 1 aliphatic heterocycles. The number of nitriles is 1. The molecule has 6 nitrogen and oxygen atoms in total. The fourth-order valence-electron chi connectivity index (χ4n) is 4.46.